The van der Waals surface area contributed by atoms with Crippen molar-refractivity contribution in [2.24, 2.45) is 10.6 Å². The minimum Gasteiger partial charge on any atom is -0.396 e. The third-order valence-electron chi connectivity index (χ3n) is 6.30. The molecule has 14 nitrogen and oxygen atoms in total. The van der Waals surface area contributed by atoms with E-state index in [1.165, 1.54) is 12.1 Å². The largest absolute Gasteiger partial charge is 0.396 e. The number of tetrazole rings is 1. The Labute approximate surface area is 205 Å². The number of sulfonamides is 1. The van der Waals surface area contributed by atoms with E-state index >= 15 is 0 Å². The lowest BCUT2D eigenvalue weighted by Crippen LogP contribution is -2.36. The van der Waals surface area contributed by atoms with Crippen LogP contribution in [-0.4, -0.2) is 78.0 Å². The molecule has 36 heavy (non-hydrogen) atoms. The molecule has 1 aliphatic rings. The number of hydrogen-bond acceptors (Lipinski definition) is 11. The summed E-state index contributed by atoms with van der Waals surface area (Å²) in [6.07, 6.45) is 0.409. The fourth-order valence-electron chi connectivity index (χ4n) is 4.65. The number of sulfone groups is 1. The molecule has 4 aromatic rings. The van der Waals surface area contributed by atoms with Gasteiger partial charge in [-0.15, -0.1) is 10.2 Å². The Morgan fingerprint density at radius 2 is 1.92 bits per heavy atom. The average molecular weight is 534 g/mol. The summed E-state index contributed by atoms with van der Waals surface area (Å²) in [6.45, 7) is 0.413. The SMILES string of the molecule is Nc1nc2c(-c3ccc(S(=O)(=O)C[C@]4(CO)CCNC4)c(S(N)(=O)=O)c3-c3nn[nH]n3)cccc2[nH]1. The van der Waals surface area contributed by atoms with Gasteiger partial charge in [0.25, 0.3) is 0 Å². The molecule has 1 aliphatic heterocycles. The van der Waals surface area contributed by atoms with E-state index in [4.69, 9.17) is 10.9 Å². The minimum absolute atomic E-state index is 0.143. The number of nitrogens with two attached hydrogens (primary N) is 2. The first-order valence-electron chi connectivity index (χ1n) is 10.8. The summed E-state index contributed by atoms with van der Waals surface area (Å²) in [6, 6.07) is 7.75. The molecule has 8 N–H and O–H groups in total. The van der Waals surface area contributed by atoms with Crippen LogP contribution in [0, 0.1) is 5.41 Å². The van der Waals surface area contributed by atoms with Gasteiger partial charge in [0.1, 0.15) is 4.90 Å². The van der Waals surface area contributed by atoms with Crippen LogP contribution in [0.1, 0.15) is 6.42 Å². The summed E-state index contributed by atoms with van der Waals surface area (Å²) >= 11 is 0. The molecule has 0 saturated carbocycles. The molecule has 0 spiro atoms. The molecule has 2 aromatic carbocycles. The fraction of sp³-hybridized carbons (Fsp3) is 0.300. The van der Waals surface area contributed by atoms with Crippen LogP contribution in [0.5, 0.6) is 0 Å². The van der Waals surface area contributed by atoms with Crippen LogP contribution in [0.15, 0.2) is 40.1 Å². The Balaban J connectivity index is 1.82. The molecule has 3 heterocycles. The highest BCUT2D eigenvalue weighted by Crippen LogP contribution is 2.42. The second-order valence-corrected chi connectivity index (χ2v) is 12.2. The highest BCUT2D eigenvalue weighted by Gasteiger charge is 2.41. The lowest BCUT2D eigenvalue weighted by atomic mass is 9.91. The van der Waals surface area contributed by atoms with Crippen molar-refractivity contribution in [1.29, 1.82) is 0 Å². The molecule has 0 bridgehead atoms. The van der Waals surface area contributed by atoms with Crippen molar-refractivity contribution in [3.63, 3.8) is 0 Å². The van der Waals surface area contributed by atoms with Gasteiger partial charge in [-0.25, -0.2) is 27.0 Å². The Bertz CT molecular complexity index is 1660. The van der Waals surface area contributed by atoms with Gasteiger partial charge in [0.15, 0.2) is 15.8 Å². The quantitative estimate of drug-likeness (QED) is 0.175. The summed E-state index contributed by atoms with van der Waals surface area (Å²) in [5.74, 6) is -0.516. The number of imidazole rings is 1. The van der Waals surface area contributed by atoms with E-state index in [0.717, 1.165) is 0 Å². The number of nitrogens with one attached hydrogen (secondary N) is 3. The van der Waals surface area contributed by atoms with Gasteiger partial charge in [-0.1, -0.05) is 18.2 Å². The molecule has 1 atom stereocenters. The van der Waals surface area contributed by atoms with Crippen molar-refractivity contribution >= 4 is 36.8 Å². The zero-order valence-electron chi connectivity index (χ0n) is 18.8. The smallest absolute Gasteiger partial charge is 0.240 e. The lowest BCUT2D eigenvalue weighted by molar-refractivity contribution is 0.163. The number of hydrogen-bond donors (Lipinski definition) is 6. The van der Waals surface area contributed by atoms with E-state index in [9.17, 15) is 21.9 Å². The first kappa shape index (κ1) is 24.3. The van der Waals surface area contributed by atoms with E-state index < -0.39 is 40.8 Å². The number of aromatic nitrogens is 6. The Morgan fingerprint density at radius 1 is 1.11 bits per heavy atom. The van der Waals surface area contributed by atoms with Gasteiger partial charge in [0.2, 0.25) is 15.8 Å². The molecular formula is C20H23N9O5S2. The Kier molecular flexibility index (Phi) is 5.79. The number of primary sulfonamides is 1. The summed E-state index contributed by atoms with van der Waals surface area (Å²) in [5, 5.41) is 32.2. The van der Waals surface area contributed by atoms with E-state index in [1.54, 1.807) is 18.2 Å². The maximum Gasteiger partial charge on any atom is 0.240 e. The van der Waals surface area contributed by atoms with E-state index in [2.05, 4.69) is 35.9 Å². The first-order chi connectivity index (χ1) is 17.0. The normalized spacial score (nSPS) is 18.7. The van der Waals surface area contributed by atoms with Crippen LogP contribution in [0.25, 0.3) is 33.5 Å². The predicted molar refractivity (Wildman–Crippen MR) is 130 cm³/mol. The van der Waals surface area contributed by atoms with Crippen molar-refractivity contribution in [3.8, 4) is 22.5 Å². The van der Waals surface area contributed by atoms with Crippen molar-refractivity contribution in [3.05, 3.63) is 30.3 Å². The fourth-order valence-corrected chi connectivity index (χ4v) is 8.18. The number of para-hydroxylation sites is 1. The minimum atomic E-state index is -4.64. The van der Waals surface area contributed by atoms with E-state index in [1.807, 2.05) is 0 Å². The number of aliphatic hydroxyl groups excluding tert-OH is 1. The van der Waals surface area contributed by atoms with E-state index in [-0.39, 0.29) is 36.1 Å². The summed E-state index contributed by atoms with van der Waals surface area (Å²) in [4.78, 5) is 6.01. The molecule has 190 valence electrons. The first-order valence-corrected chi connectivity index (χ1v) is 14.0. The number of nitrogens with zero attached hydrogens (tertiary/aromatic N) is 4. The topological polar surface area (TPSA) is 236 Å². The summed E-state index contributed by atoms with van der Waals surface area (Å²) in [7, 11) is -8.91. The Morgan fingerprint density at radius 3 is 2.56 bits per heavy atom. The zero-order chi connectivity index (χ0) is 25.7. The predicted octanol–water partition coefficient (Wildman–Crippen LogP) is -0.615. The molecular weight excluding hydrogens is 510 g/mol. The number of rotatable bonds is 7. The summed E-state index contributed by atoms with van der Waals surface area (Å²) < 4.78 is 53.3. The monoisotopic (exact) mass is 533 g/mol. The van der Waals surface area contributed by atoms with Crippen molar-refractivity contribution in [2.45, 2.75) is 16.2 Å². The number of nitrogen functional groups attached to an aromatic ring is 1. The molecule has 0 aliphatic carbocycles. The van der Waals surface area contributed by atoms with Crippen LogP contribution < -0.4 is 16.2 Å². The van der Waals surface area contributed by atoms with Crippen molar-refractivity contribution < 1.29 is 21.9 Å². The van der Waals surface area contributed by atoms with Gasteiger partial charge >= 0.3 is 0 Å². The van der Waals surface area contributed by atoms with Gasteiger partial charge in [0, 0.05) is 17.5 Å². The van der Waals surface area contributed by atoms with Crippen molar-refractivity contribution in [2.75, 3.05) is 31.2 Å². The highest BCUT2D eigenvalue weighted by molar-refractivity contribution is 7.93. The maximum atomic E-state index is 13.6. The molecule has 2 aromatic heterocycles. The lowest BCUT2D eigenvalue weighted by Gasteiger charge is -2.26. The standard InChI is InChI=1S/C20H23N9O5S2/c21-19-24-13-3-1-2-12(16(13)25-19)11-4-5-14(35(31,32)10-20(9-30)6-7-23-8-20)17(36(22,33)34)15(11)18-26-28-29-27-18/h1-5,23,30H,6-10H2,(H3,21,24,25)(H2,22,33,34)(H,26,27,28,29)/t20-/m1/s1. The third kappa shape index (κ3) is 4.11. The molecule has 0 amide bonds. The second-order valence-electron chi connectivity index (χ2n) is 8.76. The number of aliphatic hydroxyl groups is 1. The number of benzene rings is 2. The van der Waals surface area contributed by atoms with Crippen LogP contribution in [0.3, 0.4) is 0 Å². The van der Waals surface area contributed by atoms with Gasteiger partial charge in [0.05, 0.1) is 33.9 Å². The van der Waals surface area contributed by atoms with Gasteiger partial charge in [-0.2, -0.15) is 5.21 Å². The Hall–Kier alpha value is -3.44. The molecule has 0 unspecified atom stereocenters. The molecule has 1 saturated heterocycles. The third-order valence-corrected chi connectivity index (χ3v) is 9.42. The van der Waals surface area contributed by atoms with Crippen LogP contribution in [-0.2, 0) is 19.9 Å². The van der Waals surface area contributed by atoms with Crippen molar-refractivity contribution in [1.82, 2.24) is 35.9 Å². The molecule has 0 radical (unpaired) electrons. The number of aromatic amines is 2. The van der Waals surface area contributed by atoms with Crippen LogP contribution in [0.4, 0.5) is 5.95 Å². The summed E-state index contributed by atoms with van der Waals surface area (Å²) in [5.41, 5.74) is 6.43. The number of fused-ring (bicyclic) bond motifs is 1. The van der Waals surface area contributed by atoms with E-state index in [0.29, 0.717) is 29.6 Å². The maximum absolute atomic E-state index is 13.6. The molecule has 5 rings (SSSR count). The van der Waals surface area contributed by atoms with Crippen LogP contribution >= 0.6 is 0 Å². The van der Waals surface area contributed by atoms with Crippen LogP contribution in [0.2, 0.25) is 0 Å². The molecule has 16 heteroatoms. The average Bonchev–Trinajstić information content (AvgIpc) is 3.58. The highest BCUT2D eigenvalue weighted by atomic mass is 32.2. The van der Waals surface area contributed by atoms with Gasteiger partial charge in [-0.05, 0) is 35.9 Å². The zero-order valence-corrected chi connectivity index (χ0v) is 20.4. The second kappa shape index (κ2) is 8.59. The molecule has 1 fully saturated rings. The van der Waals surface area contributed by atoms with Gasteiger partial charge < -0.3 is 21.1 Å². The number of H-pyrrole nitrogens is 2. The number of anilines is 1. The van der Waals surface area contributed by atoms with Gasteiger partial charge in [-0.3, -0.25) is 0 Å².